The Balaban J connectivity index is 1.54. The molecule has 2 aromatic carbocycles. The van der Waals surface area contributed by atoms with Crippen LogP contribution in [-0.2, 0) is 16.0 Å². The van der Waals surface area contributed by atoms with Gasteiger partial charge in [0.1, 0.15) is 5.75 Å². The van der Waals surface area contributed by atoms with Crippen LogP contribution in [0.4, 0.5) is 0 Å². The highest BCUT2D eigenvalue weighted by Gasteiger charge is 2.21. The molecule has 0 heterocycles. The minimum absolute atomic E-state index is 0.0165. The van der Waals surface area contributed by atoms with E-state index >= 15 is 0 Å². The molecule has 0 aliphatic heterocycles. The summed E-state index contributed by atoms with van der Waals surface area (Å²) < 4.78 is 10.1. The zero-order chi connectivity index (χ0) is 17.6. The molecule has 0 saturated carbocycles. The predicted octanol–water partition coefficient (Wildman–Crippen LogP) is 3.05. The van der Waals surface area contributed by atoms with Gasteiger partial charge in [0.25, 0.3) is 5.91 Å². The third-order valence-corrected chi connectivity index (χ3v) is 4.36. The molecule has 0 fully saturated rings. The first kappa shape index (κ1) is 17.0. The molecule has 5 heteroatoms. The number of hydrogen-bond acceptors (Lipinski definition) is 4. The number of methoxy groups -OCH3 is 1. The van der Waals surface area contributed by atoms with Gasteiger partial charge in [0.05, 0.1) is 18.7 Å². The number of hydrogen-bond donors (Lipinski definition) is 1. The summed E-state index contributed by atoms with van der Waals surface area (Å²) in [5.41, 5.74) is 2.81. The fourth-order valence-corrected chi connectivity index (χ4v) is 3.08. The Labute approximate surface area is 147 Å². The number of nitrogens with one attached hydrogen (secondary N) is 1. The molecule has 5 nitrogen and oxygen atoms in total. The maximum absolute atomic E-state index is 12.1. The Morgan fingerprint density at radius 2 is 1.88 bits per heavy atom. The first-order chi connectivity index (χ1) is 12.2. The van der Waals surface area contributed by atoms with Gasteiger partial charge >= 0.3 is 5.97 Å². The molecule has 0 aromatic heterocycles. The van der Waals surface area contributed by atoms with Crippen LogP contribution in [0.25, 0.3) is 0 Å². The first-order valence-corrected chi connectivity index (χ1v) is 8.35. The Kier molecular flexibility index (Phi) is 5.33. The first-order valence-electron chi connectivity index (χ1n) is 8.35. The molecule has 1 atom stereocenters. The van der Waals surface area contributed by atoms with Crippen molar-refractivity contribution in [2.45, 2.75) is 25.3 Å². The molecule has 1 N–H and O–H groups in total. The van der Waals surface area contributed by atoms with E-state index in [4.69, 9.17) is 9.47 Å². The van der Waals surface area contributed by atoms with E-state index in [1.807, 2.05) is 18.2 Å². The van der Waals surface area contributed by atoms with E-state index in [9.17, 15) is 9.59 Å². The number of amides is 1. The van der Waals surface area contributed by atoms with E-state index in [1.165, 1.54) is 5.56 Å². The van der Waals surface area contributed by atoms with Crippen molar-refractivity contribution in [3.63, 3.8) is 0 Å². The summed E-state index contributed by atoms with van der Waals surface area (Å²) in [6, 6.07) is 14.7. The molecular weight excluding hydrogens is 318 g/mol. The van der Waals surface area contributed by atoms with Gasteiger partial charge in [0.2, 0.25) is 0 Å². The summed E-state index contributed by atoms with van der Waals surface area (Å²) in [5.74, 6) is -0.157. The quantitative estimate of drug-likeness (QED) is 0.851. The van der Waals surface area contributed by atoms with Crippen molar-refractivity contribution in [2.24, 2.45) is 0 Å². The lowest BCUT2D eigenvalue weighted by Crippen LogP contribution is -2.34. The van der Waals surface area contributed by atoms with Gasteiger partial charge in [-0.25, -0.2) is 4.79 Å². The van der Waals surface area contributed by atoms with Crippen molar-refractivity contribution in [3.05, 3.63) is 65.2 Å². The highest BCUT2D eigenvalue weighted by Crippen LogP contribution is 2.29. The van der Waals surface area contributed by atoms with Crippen LogP contribution >= 0.6 is 0 Å². The number of esters is 1. The Hall–Kier alpha value is -2.82. The molecule has 0 spiro atoms. The number of rotatable bonds is 5. The van der Waals surface area contributed by atoms with Crippen molar-refractivity contribution in [1.82, 2.24) is 5.32 Å². The molecule has 0 bridgehead atoms. The maximum Gasteiger partial charge on any atom is 0.338 e. The minimum Gasteiger partial charge on any atom is -0.497 e. The van der Waals surface area contributed by atoms with Gasteiger partial charge < -0.3 is 14.8 Å². The van der Waals surface area contributed by atoms with Crippen LogP contribution in [0.1, 0.15) is 40.4 Å². The van der Waals surface area contributed by atoms with Gasteiger partial charge in [0.15, 0.2) is 6.61 Å². The Morgan fingerprint density at radius 3 is 2.64 bits per heavy atom. The molecular formula is C20H21NO4. The summed E-state index contributed by atoms with van der Waals surface area (Å²) in [6.45, 7) is -0.288. The monoisotopic (exact) mass is 339 g/mol. The largest absolute Gasteiger partial charge is 0.497 e. The Bertz CT molecular complexity index is 755. The smallest absolute Gasteiger partial charge is 0.338 e. The van der Waals surface area contributed by atoms with E-state index in [-0.39, 0.29) is 18.6 Å². The van der Waals surface area contributed by atoms with E-state index < -0.39 is 5.97 Å². The van der Waals surface area contributed by atoms with E-state index in [1.54, 1.807) is 31.4 Å². The van der Waals surface area contributed by atoms with Gasteiger partial charge in [-0.15, -0.1) is 0 Å². The zero-order valence-electron chi connectivity index (χ0n) is 14.2. The fourth-order valence-electron chi connectivity index (χ4n) is 3.08. The highest BCUT2D eigenvalue weighted by atomic mass is 16.5. The highest BCUT2D eigenvalue weighted by molar-refractivity contribution is 5.91. The van der Waals surface area contributed by atoms with Gasteiger partial charge in [0, 0.05) is 0 Å². The molecule has 1 aliphatic rings. The lowest BCUT2D eigenvalue weighted by atomic mass is 9.88. The fraction of sp³-hybridized carbons (Fsp3) is 0.300. The molecule has 1 amide bonds. The number of aryl methyl sites for hydroxylation is 1. The molecule has 0 unspecified atom stereocenters. The van der Waals surface area contributed by atoms with Crippen LogP contribution in [0.5, 0.6) is 5.75 Å². The van der Waals surface area contributed by atoms with Gasteiger partial charge in [-0.3, -0.25) is 4.79 Å². The molecule has 1 aliphatic carbocycles. The second kappa shape index (κ2) is 7.83. The van der Waals surface area contributed by atoms with Crippen LogP contribution in [0.2, 0.25) is 0 Å². The van der Waals surface area contributed by atoms with Crippen molar-refractivity contribution in [3.8, 4) is 5.75 Å². The number of fused-ring (bicyclic) bond motifs is 1. The third kappa shape index (κ3) is 4.18. The summed E-state index contributed by atoms with van der Waals surface area (Å²) in [6.07, 6.45) is 2.97. The second-order valence-corrected chi connectivity index (χ2v) is 6.02. The lowest BCUT2D eigenvalue weighted by molar-refractivity contribution is -0.125. The molecule has 0 saturated heterocycles. The predicted molar refractivity (Wildman–Crippen MR) is 93.5 cm³/mol. The molecule has 0 radical (unpaired) electrons. The van der Waals surface area contributed by atoms with E-state index in [0.717, 1.165) is 24.8 Å². The maximum atomic E-state index is 12.1. The number of ether oxygens (including phenoxy) is 2. The molecule has 130 valence electrons. The van der Waals surface area contributed by atoms with E-state index in [2.05, 4.69) is 11.4 Å². The summed E-state index contributed by atoms with van der Waals surface area (Å²) in [5, 5.41) is 2.96. The lowest BCUT2D eigenvalue weighted by Gasteiger charge is -2.26. The second-order valence-electron chi connectivity index (χ2n) is 6.02. The summed E-state index contributed by atoms with van der Waals surface area (Å²) in [7, 11) is 1.56. The topological polar surface area (TPSA) is 64.6 Å². The number of benzene rings is 2. The van der Waals surface area contributed by atoms with Gasteiger partial charge in [-0.05, 0) is 54.7 Å². The Morgan fingerprint density at radius 1 is 1.12 bits per heavy atom. The molecule has 2 aromatic rings. The van der Waals surface area contributed by atoms with Crippen molar-refractivity contribution < 1.29 is 19.1 Å². The standard InChI is InChI=1S/C20H21NO4/c1-24-16-11-9-15(10-12-16)20(23)25-13-19(22)21-18-8-4-6-14-5-2-3-7-17(14)18/h2-3,5,7,9-12,18H,4,6,8,13H2,1H3,(H,21,22)/t18-/m0/s1. The van der Waals surface area contributed by atoms with Gasteiger partial charge in [-0.2, -0.15) is 0 Å². The van der Waals surface area contributed by atoms with Crippen LogP contribution in [-0.4, -0.2) is 25.6 Å². The summed E-state index contributed by atoms with van der Waals surface area (Å²) in [4.78, 5) is 24.1. The summed E-state index contributed by atoms with van der Waals surface area (Å²) >= 11 is 0. The van der Waals surface area contributed by atoms with Crippen LogP contribution in [0, 0.1) is 0 Å². The van der Waals surface area contributed by atoms with E-state index in [0.29, 0.717) is 11.3 Å². The van der Waals surface area contributed by atoms with Crippen molar-refractivity contribution in [2.75, 3.05) is 13.7 Å². The third-order valence-electron chi connectivity index (χ3n) is 4.36. The molecule has 25 heavy (non-hydrogen) atoms. The van der Waals surface area contributed by atoms with Gasteiger partial charge in [-0.1, -0.05) is 24.3 Å². The number of carbonyl (C=O) groups excluding carboxylic acids is 2. The van der Waals surface area contributed by atoms with Crippen LogP contribution < -0.4 is 10.1 Å². The number of carbonyl (C=O) groups is 2. The molecule has 3 rings (SSSR count). The normalized spacial score (nSPS) is 15.8. The van der Waals surface area contributed by atoms with Crippen LogP contribution in [0.3, 0.4) is 0 Å². The van der Waals surface area contributed by atoms with Crippen LogP contribution in [0.15, 0.2) is 48.5 Å². The minimum atomic E-state index is -0.526. The average Bonchev–Trinajstić information content (AvgIpc) is 2.66. The zero-order valence-corrected chi connectivity index (χ0v) is 14.2. The average molecular weight is 339 g/mol. The van der Waals surface area contributed by atoms with Crippen molar-refractivity contribution in [1.29, 1.82) is 0 Å². The van der Waals surface area contributed by atoms with Crippen molar-refractivity contribution >= 4 is 11.9 Å². The SMILES string of the molecule is COc1ccc(C(=O)OCC(=O)N[C@H]2CCCc3ccccc32)cc1.